The van der Waals surface area contributed by atoms with Gasteiger partial charge in [-0.15, -0.1) is 0 Å². The molecule has 0 spiro atoms. The summed E-state index contributed by atoms with van der Waals surface area (Å²) in [7, 11) is 0. The van der Waals surface area contributed by atoms with E-state index in [1.54, 1.807) is 0 Å². The highest BCUT2D eigenvalue weighted by atomic mass is 16.3. The second-order valence-corrected chi connectivity index (χ2v) is 5.90. The summed E-state index contributed by atoms with van der Waals surface area (Å²) in [5.41, 5.74) is 1.62. The number of anilines is 2. The van der Waals surface area contributed by atoms with Gasteiger partial charge in [0, 0.05) is 35.9 Å². The molecular formula is C15H24N2O2. The zero-order valence-corrected chi connectivity index (χ0v) is 12.2. The number of amides is 1. The smallest absolute Gasteiger partial charge is 0.226 e. The second kappa shape index (κ2) is 6.57. The van der Waals surface area contributed by atoms with Crippen molar-refractivity contribution in [2.75, 3.05) is 23.8 Å². The predicted octanol–water partition coefficient (Wildman–Crippen LogP) is 2.71. The summed E-state index contributed by atoms with van der Waals surface area (Å²) in [5, 5.41) is 15.3. The van der Waals surface area contributed by atoms with Crippen LogP contribution >= 0.6 is 0 Å². The Morgan fingerprint density at radius 3 is 2.21 bits per heavy atom. The van der Waals surface area contributed by atoms with E-state index in [-0.39, 0.29) is 23.8 Å². The van der Waals surface area contributed by atoms with Crippen LogP contribution in [0.1, 0.15) is 27.7 Å². The Kier molecular flexibility index (Phi) is 5.36. The van der Waals surface area contributed by atoms with Gasteiger partial charge in [0.05, 0.1) is 0 Å². The van der Waals surface area contributed by atoms with Crippen LogP contribution in [0.15, 0.2) is 24.3 Å². The van der Waals surface area contributed by atoms with Crippen LogP contribution in [-0.4, -0.2) is 24.2 Å². The fourth-order valence-corrected chi connectivity index (χ4v) is 1.36. The number of hydrogen-bond acceptors (Lipinski definition) is 3. The number of benzene rings is 1. The van der Waals surface area contributed by atoms with Crippen molar-refractivity contribution in [3.05, 3.63) is 24.3 Å². The van der Waals surface area contributed by atoms with E-state index in [1.165, 1.54) is 0 Å². The summed E-state index contributed by atoms with van der Waals surface area (Å²) in [6.45, 7) is 8.56. The van der Waals surface area contributed by atoms with Gasteiger partial charge in [-0.25, -0.2) is 0 Å². The molecule has 106 valence electrons. The zero-order valence-electron chi connectivity index (χ0n) is 12.2. The van der Waals surface area contributed by atoms with Gasteiger partial charge in [0.2, 0.25) is 5.91 Å². The van der Waals surface area contributed by atoms with Crippen LogP contribution < -0.4 is 10.6 Å². The van der Waals surface area contributed by atoms with Crippen LogP contribution in [0.25, 0.3) is 0 Å². The molecule has 0 aliphatic heterocycles. The molecule has 4 heteroatoms. The minimum Gasteiger partial charge on any atom is -0.396 e. The number of carbonyl (C=O) groups is 1. The van der Waals surface area contributed by atoms with E-state index in [0.717, 1.165) is 11.4 Å². The van der Waals surface area contributed by atoms with Gasteiger partial charge in [0.25, 0.3) is 0 Å². The van der Waals surface area contributed by atoms with Crippen molar-refractivity contribution < 1.29 is 9.90 Å². The summed E-state index contributed by atoms with van der Waals surface area (Å²) in [5.74, 6) is -0.00900. The van der Waals surface area contributed by atoms with E-state index in [1.807, 2.05) is 52.0 Å². The molecule has 0 unspecified atom stereocenters. The molecule has 0 bridgehead atoms. The van der Waals surface area contributed by atoms with E-state index in [2.05, 4.69) is 10.6 Å². The molecule has 0 aromatic heterocycles. The van der Waals surface area contributed by atoms with E-state index in [4.69, 9.17) is 0 Å². The minimum absolute atomic E-state index is 0.0159. The maximum Gasteiger partial charge on any atom is 0.226 e. The van der Waals surface area contributed by atoms with Crippen molar-refractivity contribution in [3.8, 4) is 0 Å². The zero-order chi connectivity index (χ0) is 14.5. The molecule has 0 radical (unpaired) electrons. The lowest BCUT2D eigenvalue weighted by Gasteiger charge is -2.22. The first kappa shape index (κ1) is 15.5. The summed E-state index contributed by atoms with van der Waals surface area (Å²) >= 11 is 0. The van der Waals surface area contributed by atoms with Crippen LogP contribution in [0, 0.1) is 11.3 Å². The Labute approximate surface area is 115 Å². The van der Waals surface area contributed by atoms with Crippen molar-refractivity contribution >= 4 is 17.3 Å². The average Bonchev–Trinajstić information content (AvgIpc) is 2.38. The van der Waals surface area contributed by atoms with Crippen LogP contribution in [0.4, 0.5) is 11.4 Å². The summed E-state index contributed by atoms with van der Waals surface area (Å²) in [6.07, 6.45) is 0. The lowest BCUT2D eigenvalue weighted by molar-refractivity contribution is -0.118. The van der Waals surface area contributed by atoms with Gasteiger partial charge in [-0.2, -0.15) is 0 Å². The molecular weight excluding hydrogens is 240 g/mol. The topological polar surface area (TPSA) is 61.4 Å². The maximum atomic E-state index is 11.5. The normalized spacial score (nSPS) is 11.5. The van der Waals surface area contributed by atoms with E-state index < -0.39 is 0 Å². The predicted molar refractivity (Wildman–Crippen MR) is 79.3 cm³/mol. The molecule has 3 N–H and O–H groups in total. The fraction of sp³-hybridized carbons (Fsp3) is 0.533. The van der Waals surface area contributed by atoms with E-state index >= 15 is 0 Å². The molecule has 0 aliphatic rings. The van der Waals surface area contributed by atoms with Crippen molar-refractivity contribution in [3.63, 3.8) is 0 Å². The van der Waals surface area contributed by atoms with Gasteiger partial charge < -0.3 is 15.7 Å². The molecule has 0 aliphatic carbocycles. The highest BCUT2D eigenvalue weighted by Gasteiger charge is 2.15. The van der Waals surface area contributed by atoms with Gasteiger partial charge >= 0.3 is 0 Å². The Bertz CT molecular complexity index is 411. The lowest BCUT2D eigenvalue weighted by atomic mass is 9.95. The monoisotopic (exact) mass is 264 g/mol. The van der Waals surface area contributed by atoms with Gasteiger partial charge in [-0.3, -0.25) is 4.79 Å². The van der Waals surface area contributed by atoms with Crippen LogP contribution in [0.3, 0.4) is 0 Å². The van der Waals surface area contributed by atoms with E-state index in [9.17, 15) is 9.90 Å². The summed E-state index contributed by atoms with van der Waals surface area (Å²) < 4.78 is 0. The molecule has 1 amide bonds. The number of rotatable bonds is 6. The van der Waals surface area contributed by atoms with Gasteiger partial charge in [0.15, 0.2) is 0 Å². The molecule has 0 heterocycles. The Hall–Kier alpha value is -1.55. The Balaban J connectivity index is 2.55. The number of aliphatic hydroxyl groups is 1. The highest BCUT2D eigenvalue weighted by molar-refractivity contribution is 5.92. The molecule has 1 aromatic rings. The fourth-order valence-electron chi connectivity index (χ4n) is 1.36. The van der Waals surface area contributed by atoms with Crippen LogP contribution in [0.2, 0.25) is 0 Å². The summed E-state index contributed by atoms with van der Waals surface area (Å²) in [4.78, 5) is 11.5. The Morgan fingerprint density at radius 1 is 1.21 bits per heavy atom. The van der Waals surface area contributed by atoms with Gasteiger partial charge in [-0.1, -0.05) is 27.7 Å². The largest absolute Gasteiger partial charge is 0.396 e. The number of hydrogen-bond donors (Lipinski definition) is 3. The molecule has 4 nitrogen and oxygen atoms in total. The molecule has 0 fully saturated rings. The van der Waals surface area contributed by atoms with Crippen molar-refractivity contribution in [1.82, 2.24) is 0 Å². The third kappa shape index (κ3) is 5.30. The molecule has 1 aromatic carbocycles. The first-order chi connectivity index (χ1) is 8.84. The molecule has 19 heavy (non-hydrogen) atoms. The van der Waals surface area contributed by atoms with Crippen LogP contribution in [-0.2, 0) is 4.79 Å². The first-order valence-corrected chi connectivity index (χ1v) is 6.60. The molecule has 1 rings (SSSR count). The average molecular weight is 264 g/mol. The van der Waals surface area contributed by atoms with Crippen LogP contribution in [0.5, 0.6) is 0 Å². The molecule has 0 atom stereocenters. The number of aliphatic hydroxyl groups excluding tert-OH is 1. The quantitative estimate of drug-likeness (QED) is 0.740. The van der Waals surface area contributed by atoms with Crippen molar-refractivity contribution in [1.29, 1.82) is 0 Å². The lowest BCUT2D eigenvalue weighted by Crippen LogP contribution is -2.26. The number of carbonyl (C=O) groups excluding carboxylic acids is 1. The van der Waals surface area contributed by atoms with E-state index in [0.29, 0.717) is 6.54 Å². The van der Waals surface area contributed by atoms with Crippen molar-refractivity contribution in [2.24, 2.45) is 11.3 Å². The third-order valence-electron chi connectivity index (χ3n) is 2.88. The maximum absolute atomic E-state index is 11.5. The van der Waals surface area contributed by atoms with Gasteiger partial charge in [0.1, 0.15) is 0 Å². The first-order valence-electron chi connectivity index (χ1n) is 6.60. The highest BCUT2D eigenvalue weighted by Crippen LogP contribution is 2.18. The third-order valence-corrected chi connectivity index (χ3v) is 2.88. The second-order valence-electron chi connectivity index (χ2n) is 5.90. The standard InChI is InChI=1S/C15H24N2O2/c1-11(2)14(19)17-13-7-5-12(6-8-13)16-9-15(3,4)10-18/h5-8,11,16,18H,9-10H2,1-4H3,(H,17,19). The molecule has 0 saturated carbocycles. The van der Waals surface area contributed by atoms with Gasteiger partial charge in [-0.05, 0) is 24.3 Å². The number of nitrogens with one attached hydrogen (secondary N) is 2. The van der Waals surface area contributed by atoms with Crippen molar-refractivity contribution in [2.45, 2.75) is 27.7 Å². The SMILES string of the molecule is CC(C)C(=O)Nc1ccc(NCC(C)(C)CO)cc1. The Morgan fingerprint density at radius 2 is 1.74 bits per heavy atom. The summed E-state index contributed by atoms with van der Waals surface area (Å²) in [6, 6.07) is 7.58. The molecule has 0 saturated heterocycles. The minimum atomic E-state index is -0.148.